The lowest BCUT2D eigenvalue weighted by atomic mass is 9.95. The Hall–Kier alpha value is -3.08. The van der Waals surface area contributed by atoms with Crippen LogP contribution in [0.2, 0.25) is 5.02 Å². The summed E-state index contributed by atoms with van der Waals surface area (Å²) in [7, 11) is 0. The highest BCUT2D eigenvalue weighted by Crippen LogP contribution is 2.32. The van der Waals surface area contributed by atoms with E-state index in [1.807, 2.05) is 62.6 Å². The van der Waals surface area contributed by atoms with Crippen LogP contribution in [0.15, 0.2) is 83.9 Å². The third-order valence-electron chi connectivity index (χ3n) is 5.67. The minimum atomic E-state index is -0.163. The van der Waals surface area contributed by atoms with Crippen molar-refractivity contribution in [1.29, 1.82) is 0 Å². The molecule has 0 atom stereocenters. The molecule has 3 aromatic carbocycles. The summed E-state index contributed by atoms with van der Waals surface area (Å²) in [6.07, 6.45) is 4.75. The van der Waals surface area contributed by atoms with Crippen LogP contribution >= 0.6 is 23.4 Å². The first-order valence-corrected chi connectivity index (χ1v) is 13.4. The second kappa shape index (κ2) is 12.6. The molecule has 1 amide bonds. The molecule has 35 heavy (non-hydrogen) atoms. The van der Waals surface area contributed by atoms with Gasteiger partial charge in [-0.05, 0) is 90.4 Å². The SMILES string of the molecule is CC.CCc1ccc(-c2cc(SC)ccc2C(=O)Nc2ccc(Cl)c(-c3ccccn3)c2)cc1C. The van der Waals surface area contributed by atoms with Gasteiger partial charge in [-0.25, -0.2) is 0 Å². The molecule has 1 aromatic heterocycles. The highest BCUT2D eigenvalue weighted by Gasteiger charge is 2.16. The number of aryl methyl sites for hydroxylation is 2. The number of pyridine rings is 1. The highest BCUT2D eigenvalue weighted by atomic mass is 35.5. The minimum absolute atomic E-state index is 0.163. The summed E-state index contributed by atoms with van der Waals surface area (Å²) in [6.45, 7) is 8.27. The van der Waals surface area contributed by atoms with Gasteiger partial charge in [0.05, 0.1) is 10.7 Å². The maximum Gasteiger partial charge on any atom is 0.256 e. The number of carbonyl (C=O) groups is 1. The van der Waals surface area contributed by atoms with Crippen molar-refractivity contribution in [1.82, 2.24) is 4.98 Å². The normalized spacial score (nSPS) is 10.3. The summed E-state index contributed by atoms with van der Waals surface area (Å²) in [5.41, 5.74) is 7.34. The van der Waals surface area contributed by atoms with Gasteiger partial charge < -0.3 is 5.32 Å². The molecular weight excluding hydrogens is 472 g/mol. The fourth-order valence-electron chi connectivity index (χ4n) is 3.87. The number of aromatic nitrogens is 1. The van der Waals surface area contributed by atoms with Gasteiger partial charge in [-0.3, -0.25) is 9.78 Å². The van der Waals surface area contributed by atoms with Crippen molar-refractivity contribution in [2.24, 2.45) is 0 Å². The highest BCUT2D eigenvalue weighted by molar-refractivity contribution is 7.98. The molecular formula is C30H31ClN2OS. The number of nitrogens with zero attached hydrogens (tertiary/aromatic N) is 1. The van der Waals surface area contributed by atoms with Crippen LogP contribution in [0.3, 0.4) is 0 Å². The maximum atomic E-state index is 13.4. The van der Waals surface area contributed by atoms with Crippen LogP contribution in [-0.4, -0.2) is 17.1 Å². The van der Waals surface area contributed by atoms with E-state index < -0.39 is 0 Å². The van der Waals surface area contributed by atoms with Gasteiger partial charge in [0.15, 0.2) is 0 Å². The van der Waals surface area contributed by atoms with Gasteiger partial charge >= 0.3 is 0 Å². The van der Waals surface area contributed by atoms with Gasteiger partial charge in [0.25, 0.3) is 5.91 Å². The maximum absolute atomic E-state index is 13.4. The van der Waals surface area contributed by atoms with Crippen molar-refractivity contribution >= 4 is 35.0 Å². The number of hydrogen-bond donors (Lipinski definition) is 1. The summed E-state index contributed by atoms with van der Waals surface area (Å²) in [5, 5.41) is 3.63. The number of thioether (sulfide) groups is 1. The smallest absolute Gasteiger partial charge is 0.256 e. The third kappa shape index (κ3) is 6.33. The predicted molar refractivity (Wildman–Crippen MR) is 152 cm³/mol. The lowest BCUT2D eigenvalue weighted by Gasteiger charge is -2.14. The molecule has 4 aromatic rings. The van der Waals surface area contributed by atoms with Crippen LogP contribution in [0.25, 0.3) is 22.4 Å². The van der Waals surface area contributed by atoms with E-state index in [1.54, 1.807) is 24.0 Å². The van der Waals surface area contributed by atoms with Crippen molar-refractivity contribution in [2.45, 2.75) is 39.0 Å². The topological polar surface area (TPSA) is 42.0 Å². The fourth-order valence-corrected chi connectivity index (χ4v) is 4.52. The summed E-state index contributed by atoms with van der Waals surface area (Å²) >= 11 is 8.07. The van der Waals surface area contributed by atoms with Crippen molar-refractivity contribution < 1.29 is 4.79 Å². The zero-order chi connectivity index (χ0) is 25.4. The lowest BCUT2D eigenvalue weighted by Crippen LogP contribution is -2.13. The van der Waals surface area contributed by atoms with E-state index in [2.05, 4.69) is 48.4 Å². The van der Waals surface area contributed by atoms with Crippen molar-refractivity contribution in [3.63, 3.8) is 0 Å². The second-order valence-electron chi connectivity index (χ2n) is 7.77. The molecule has 0 saturated carbocycles. The zero-order valence-corrected chi connectivity index (χ0v) is 22.4. The van der Waals surface area contributed by atoms with Gasteiger partial charge in [0, 0.05) is 27.9 Å². The Morgan fingerprint density at radius 3 is 2.43 bits per heavy atom. The predicted octanol–water partition coefficient (Wildman–Crippen LogP) is 8.94. The van der Waals surface area contributed by atoms with Gasteiger partial charge in [0.1, 0.15) is 0 Å². The van der Waals surface area contributed by atoms with Crippen LogP contribution < -0.4 is 5.32 Å². The van der Waals surface area contributed by atoms with E-state index in [9.17, 15) is 4.79 Å². The first-order valence-electron chi connectivity index (χ1n) is 11.8. The molecule has 0 fully saturated rings. The monoisotopic (exact) mass is 502 g/mol. The molecule has 0 radical (unpaired) electrons. The van der Waals surface area contributed by atoms with Crippen LogP contribution in [-0.2, 0) is 6.42 Å². The van der Waals surface area contributed by atoms with E-state index in [1.165, 1.54) is 11.1 Å². The minimum Gasteiger partial charge on any atom is -0.322 e. The molecule has 3 nitrogen and oxygen atoms in total. The third-order valence-corrected chi connectivity index (χ3v) is 6.73. The quantitative estimate of drug-likeness (QED) is 0.267. The van der Waals surface area contributed by atoms with E-state index >= 15 is 0 Å². The van der Waals surface area contributed by atoms with Crippen LogP contribution in [0.1, 0.15) is 42.3 Å². The molecule has 0 saturated heterocycles. The average Bonchev–Trinajstić information content (AvgIpc) is 2.91. The summed E-state index contributed by atoms with van der Waals surface area (Å²) in [5.74, 6) is -0.163. The molecule has 0 aliphatic rings. The number of rotatable bonds is 6. The van der Waals surface area contributed by atoms with Crippen LogP contribution in [0.4, 0.5) is 5.69 Å². The van der Waals surface area contributed by atoms with Crippen molar-refractivity contribution in [3.8, 4) is 22.4 Å². The molecule has 5 heteroatoms. The number of benzene rings is 3. The molecule has 0 bridgehead atoms. The number of anilines is 1. The largest absolute Gasteiger partial charge is 0.322 e. The second-order valence-corrected chi connectivity index (χ2v) is 9.06. The van der Waals surface area contributed by atoms with E-state index in [-0.39, 0.29) is 5.91 Å². The van der Waals surface area contributed by atoms with Gasteiger partial charge in [0.2, 0.25) is 0 Å². The molecule has 1 heterocycles. The Morgan fingerprint density at radius 2 is 1.77 bits per heavy atom. The Labute approximate surface area is 218 Å². The number of nitrogens with one attached hydrogen (secondary N) is 1. The van der Waals surface area contributed by atoms with Crippen LogP contribution in [0.5, 0.6) is 0 Å². The molecule has 0 unspecified atom stereocenters. The number of halogens is 1. The average molecular weight is 503 g/mol. The van der Waals surface area contributed by atoms with Crippen molar-refractivity contribution in [2.75, 3.05) is 11.6 Å². The summed E-state index contributed by atoms with van der Waals surface area (Å²) in [4.78, 5) is 18.9. The molecule has 0 aliphatic heterocycles. The van der Waals surface area contributed by atoms with Gasteiger partial charge in [-0.15, -0.1) is 11.8 Å². The Kier molecular flexibility index (Phi) is 9.53. The molecule has 180 valence electrons. The molecule has 0 aliphatic carbocycles. The van der Waals surface area contributed by atoms with E-state index in [4.69, 9.17) is 11.6 Å². The van der Waals surface area contributed by atoms with Gasteiger partial charge in [-0.2, -0.15) is 0 Å². The standard InChI is InChI=1S/C28H25ClN2OS.C2H6/c1-4-19-8-9-20(15-18(19)2)24-17-22(33-3)11-12-23(24)28(32)31-21-10-13-26(29)25(16-21)27-7-5-6-14-30-27;1-2/h5-17H,4H2,1-3H3,(H,31,32);1-2H3. The Morgan fingerprint density at radius 1 is 0.971 bits per heavy atom. The summed E-state index contributed by atoms with van der Waals surface area (Å²) < 4.78 is 0. The van der Waals surface area contributed by atoms with E-state index in [0.717, 1.165) is 33.7 Å². The van der Waals surface area contributed by atoms with Crippen molar-refractivity contribution in [3.05, 3.63) is 101 Å². The first kappa shape index (κ1) is 26.5. The van der Waals surface area contributed by atoms with Crippen LogP contribution in [0, 0.1) is 6.92 Å². The first-order chi connectivity index (χ1) is 17.0. The Balaban J connectivity index is 0.00000167. The number of amides is 1. The van der Waals surface area contributed by atoms with Gasteiger partial charge in [-0.1, -0.05) is 56.6 Å². The molecule has 4 rings (SSSR count). The molecule has 1 N–H and O–H groups in total. The van der Waals surface area contributed by atoms with E-state index in [0.29, 0.717) is 16.3 Å². The summed E-state index contributed by atoms with van der Waals surface area (Å²) in [6, 6.07) is 23.5. The Bertz CT molecular complexity index is 1310. The molecule has 0 spiro atoms. The fraction of sp³-hybridized carbons (Fsp3) is 0.200. The number of carbonyl (C=O) groups excluding carboxylic acids is 1. The lowest BCUT2D eigenvalue weighted by molar-refractivity contribution is 0.102. The number of hydrogen-bond acceptors (Lipinski definition) is 3. The zero-order valence-electron chi connectivity index (χ0n) is 20.9.